The molecule has 4 amide bonds. The molecule has 1 saturated heterocycles. The van der Waals surface area contributed by atoms with Crippen LogP contribution in [-0.2, 0) is 22.7 Å². The third-order valence-corrected chi connectivity index (χ3v) is 4.96. The number of nitrogens with zero attached hydrogens (tertiary/aromatic N) is 6. The molecule has 28 heavy (non-hydrogen) atoms. The smallest absolute Gasteiger partial charge is 0.262 e. The van der Waals surface area contributed by atoms with Crippen LogP contribution in [0.1, 0.15) is 52.7 Å². The number of carbonyl (C=O) groups excluding carboxylic acids is 4. The summed E-state index contributed by atoms with van der Waals surface area (Å²) in [6, 6.07) is 5.44. The van der Waals surface area contributed by atoms with Crippen molar-refractivity contribution in [3.05, 3.63) is 41.2 Å². The van der Waals surface area contributed by atoms with Gasteiger partial charge < -0.3 is 0 Å². The molecule has 10 nitrogen and oxygen atoms in total. The van der Waals surface area contributed by atoms with E-state index in [1.807, 2.05) is 6.92 Å². The molecule has 2 aromatic rings. The molecule has 1 atom stereocenters. The number of piperidine rings is 1. The van der Waals surface area contributed by atoms with E-state index in [0.717, 1.165) is 16.2 Å². The molecule has 0 saturated carbocycles. The van der Waals surface area contributed by atoms with Crippen molar-refractivity contribution in [1.29, 1.82) is 0 Å². The van der Waals surface area contributed by atoms with E-state index in [1.165, 1.54) is 4.68 Å². The molecule has 0 aliphatic carbocycles. The van der Waals surface area contributed by atoms with Gasteiger partial charge in [0.2, 0.25) is 5.91 Å². The number of hydrogen-bond donors (Lipinski definition) is 0. The molecule has 0 spiro atoms. The summed E-state index contributed by atoms with van der Waals surface area (Å²) in [6.07, 6.45) is 0.955. The number of benzene rings is 1. The summed E-state index contributed by atoms with van der Waals surface area (Å²) in [4.78, 5) is 52.9. The highest BCUT2D eigenvalue weighted by atomic mass is 16.2. The molecule has 144 valence electrons. The second kappa shape index (κ2) is 6.95. The molecule has 0 N–H and O–H groups in total. The Morgan fingerprint density at radius 1 is 1.07 bits per heavy atom. The minimum absolute atomic E-state index is 0.0547. The molecule has 4 rings (SSSR count). The number of amides is 4. The molecule has 0 unspecified atom stereocenters. The van der Waals surface area contributed by atoms with Crippen molar-refractivity contribution in [2.75, 3.05) is 0 Å². The van der Waals surface area contributed by atoms with Gasteiger partial charge in [0.1, 0.15) is 6.04 Å². The second-order valence-corrected chi connectivity index (χ2v) is 6.72. The van der Waals surface area contributed by atoms with Crippen LogP contribution in [0, 0.1) is 0 Å². The number of aryl methyl sites for hydroxylation is 1. The average Bonchev–Trinajstić information content (AvgIpc) is 3.23. The van der Waals surface area contributed by atoms with Gasteiger partial charge in [-0.25, -0.2) is 4.68 Å². The lowest BCUT2D eigenvalue weighted by Crippen LogP contribution is -2.55. The van der Waals surface area contributed by atoms with E-state index < -0.39 is 23.8 Å². The second-order valence-electron chi connectivity index (χ2n) is 6.72. The van der Waals surface area contributed by atoms with Crippen molar-refractivity contribution in [2.45, 2.75) is 45.3 Å². The SMILES string of the molecule is CCCn1nnnc1CN1C(=O)CC[C@@H](N2C(=O)c3ccccc3C2=O)C1=O. The number of fused-ring (bicyclic) bond motifs is 1. The maximum Gasteiger partial charge on any atom is 0.262 e. The zero-order valence-corrected chi connectivity index (χ0v) is 15.2. The topological polar surface area (TPSA) is 118 Å². The molecule has 0 radical (unpaired) electrons. The Morgan fingerprint density at radius 2 is 1.75 bits per heavy atom. The number of tetrazole rings is 1. The zero-order chi connectivity index (χ0) is 19.8. The van der Waals surface area contributed by atoms with Crippen molar-refractivity contribution in [2.24, 2.45) is 0 Å². The van der Waals surface area contributed by atoms with Gasteiger partial charge in [0.15, 0.2) is 5.82 Å². The predicted octanol–water partition coefficient (Wildman–Crippen LogP) is 0.397. The monoisotopic (exact) mass is 382 g/mol. The van der Waals surface area contributed by atoms with Gasteiger partial charge in [-0.05, 0) is 35.4 Å². The van der Waals surface area contributed by atoms with Crippen molar-refractivity contribution in [3.63, 3.8) is 0 Å². The van der Waals surface area contributed by atoms with E-state index in [4.69, 9.17) is 0 Å². The van der Waals surface area contributed by atoms with Gasteiger partial charge in [0.25, 0.3) is 17.7 Å². The van der Waals surface area contributed by atoms with Crippen LogP contribution in [0.15, 0.2) is 24.3 Å². The molecule has 1 aromatic heterocycles. The largest absolute Gasteiger partial charge is 0.274 e. The molecule has 2 aliphatic rings. The highest BCUT2D eigenvalue weighted by Gasteiger charge is 2.47. The van der Waals surface area contributed by atoms with E-state index in [-0.39, 0.29) is 36.4 Å². The third-order valence-electron chi connectivity index (χ3n) is 4.96. The number of imide groups is 2. The lowest BCUT2D eigenvalue weighted by atomic mass is 10.0. The number of rotatable bonds is 5. The van der Waals surface area contributed by atoms with Gasteiger partial charge in [-0.1, -0.05) is 19.1 Å². The van der Waals surface area contributed by atoms with Crippen LogP contribution in [0.2, 0.25) is 0 Å². The Labute approximate surface area is 160 Å². The van der Waals surface area contributed by atoms with E-state index in [0.29, 0.717) is 12.4 Å². The number of likely N-dealkylation sites (tertiary alicyclic amines) is 1. The molecule has 1 aromatic carbocycles. The summed E-state index contributed by atoms with van der Waals surface area (Å²) in [7, 11) is 0. The van der Waals surface area contributed by atoms with Crippen LogP contribution in [0.4, 0.5) is 0 Å². The molecule has 10 heteroatoms. The zero-order valence-electron chi connectivity index (χ0n) is 15.2. The van der Waals surface area contributed by atoms with Crippen molar-refractivity contribution >= 4 is 23.6 Å². The lowest BCUT2D eigenvalue weighted by molar-refractivity contribution is -0.152. The quantitative estimate of drug-likeness (QED) is 0.687. The maximum atomic E-state index is 13.0. The fourth-order valence-corrected chi connectivity index (χ4v) is 3.58. The summed E-state index contributed by atoms with van der Waals surface area (Å²) in [5.41, 5.74) is 0.547. The van der Waals surface area contributed by atoms with E-state index in [1.54, 1.807) is 24.3 Å². The molecular formula is C18H18N6O4. The molecule has 0 bridgehead atoms. The van der Waals surface area contributed by atoms with Crippen LogP contribution in [0.5, 0.6) is 0 Å². The maximum absolute atomic E-state index is 13.0. The first-order valence-electron chi connectivity index (χ1n) is 9.09. The van der Waals surface area contributed by atoms with Gasteiger partial charge in [0.05, 0.1) is 17.7 Å². The summed E-state index contributed by atoms with van der Waals surface area (Å²) in [5.74, 6) is -1.60. The molecule has 2 aliphatic heterocycles. The number of carbonyl (C=O) groups is 4. The Kier molecular flexibility index (Phi) is 4.46. The number of hydrogen-bond acceptors (Lipinski definition) is 7. The van der Waals surface area contributed by atoms with Crippen LogP contribution in [0.3, 0.4) is 0 Å². The minimum atomic E-state index is -1.01. The van der Waals surface area contributed by atoms with Crippen LogP contribution >= 0.6 is 0 Å². The van der Waals surface area contributed by atoms with Gasteiger partial charge in [0, 0.05) is 13.0 Å². The van der Waals surface area contributed by atoms with Crippen LogP contribution in [0.25, 0.3) is 0 Å². The van der Waals surface area contributed by atoms with Crippen molar-refractivity contribution in [3.8, 4) is 0 Å². The fraction of sp³-hybridized carbons (Fsp3) is 0.389. The standard InChI is InChI=1S/C18H18N6O4/c1-2-9-23-14(19-20-21-23)10-22-15(25)8-7-13(18(22)28)24-16(26)11-5-3-4-6-12(11)17(24)27/h3-6,13H,2,7-10H2,1H3/t13-/m1/s1. The van der Waals surface area contributed by atoms with Gasteiger partial charge in [-0.3, -0.25) is 29.0 Å². The first-order chi connectivity index (χ1) is 13.5. The van der Waals surface area contributed by atoms with Gasteiger partial charge in [-0.2, -0.15) is 0 Å². The molecular weight excluding hydrogens is 364 g/mol. The Balaban J connectivity index is 1.60. The predicted molar refractivity (Wildman–Crippen MR) is 93.6 cm³/mol. The first kappa shape index (κ1) is 18.0. The summed E-state index contributed by atoms with van der Waals surface area (Å²) in [6.45, 7) is 2.42. The highest BCUT2D eigenvalue weighted by Crippen LogP contribution is 2.29. The molecule has 3 heterocycles. The Bertz CT molecular complexity index is 949. The lowest BCUT2D eigenvalue weighted by Gasteiger charge is -2.34. The fourth-order valence-electron chi connectivity index (χ4n) is 3.58. The third kappa shape index (κ3) is 2.77. The normalized spacial score (nSPS) is 19.5. The molecule has 1 fully saturated rings. The van der Waals surface area contributed by atoms with E-state index in [9.17, 15) is 19.2 Å². The minimum Gasteiger partial charge on any atom is -0.274 e. The van der Waals surface area contributed by atoms with Crippen LogP contribution in [-0.4, -0.2) is 59.7 Å². The van der Waals surface area contributed by atoms with E-state index in [2.05, 4.69) is 15.5 Å². The summed E-state index contributed by atoms with van der Waals surface area (Å²) < 4.78 is 1.53. The highest BCUT2D eigenvalue weighted by molar-refractivity contribution is 6.23. The summed E-state index contributed by atoms with van der Waals surface area (Å²) in [5, 5.41) is 11.3. The van der Waals surface area contributed by atoms with Gasteiger partial charge in [-0.15, -0.1) is 5.10 Å². The Morgan fingerprint density at radius 3 is 2.39 bits per heavy atom. The van der Waals surface area contributed by atoms with Crippen molar-refractivity contribution < 1.29 is 19.2 Å². The van der Waals surface area contributed by atoms with Crippen molar-refractivity contribution in [1.82, 2.24) is 30.0 Å². The first-order valence-corrected chi connectivity index (χ1v) is 9.09. The Hall–Kier alpha value is -3.43. The summed E-state index contributed by atoms with van der Waals surface area (Å²) >= 11 is 0. The average molecular weight is 382 g/mol. The van der Waals surface area contributed by atoms with Crippen LogP contribution < -0.4 is 0 Å². The van der Waals surface area contributed by atoms with E-state index >= 15 is 0 Å². The number of aromatic nitrogens is 4. The van der Waals surface area contributed by atoms with Gasteiger partial charge >= 0.3 is 0 Å².